The normalized spacial score (nSPS) is 17.4. The number of aliphatic hydroxyl groups is 1. The molecular formula is C12H21N3O5. The van der Waals surface area contributed by atoms with Crippen LogP contribution in [0.3, 0.4) is 0 Å². The number of nitrogens with one attached hydrogen (secondary N) is 2. The monoisotopic (exact) mass is 287 g/mol. The zero-order chi connectivity index (χ0) is 15.1. The first kappa shape index (κ1) is 16.2. The van der Waals surface area contributed by atoms with Crippen molar-refractivity contribution in [1.29, 1.82) is 0 Å². The molecule has 1 atom stereocenters. The van der Waals surface area contributed by atoms with Crippen molar-refractivity contribution < 1.29 is 24.6 Å². The van der Waals surface area contributed by atoms with Crippen LogP contribution in [-0.4, -0.2) is 64.8 Å². The van der Waals surface area contributed by atoms with E-state index < -0.39 is 18.0 Å². The topological polar surface area (TPSA) is 119 Å². The van der Waals surface area contributed by atoms with E-state index in [-0.39, 0.29) is 25.0 Å². The molecule has 114 valence electrons. The Bertz CT molecular complexity index is 366. The highest BCUT2D eigenvalue weighted by Crippen LogP contribution is 2.10. The lowest BCUT2D eigenvalue weighted by atomic mass is 10.1. The van der Waals surface area contributed by atoms with Gasteiger partial charge in [-0.15, -0.1) is 0 Å². The number of aliphatic carboxylic acids is 1. The number of nitrogens with zero attached hydrogens (tertiary/aromatic N) is 1. The Balaban J connectivity index is 2.42. The number of urea groups is 1. The van der Waals surface area contributed by atoms with Crippen molar-refractivity contribution in [2.75, 3.05) is 19.7 Å². The van der Waals surface area contributed by atoms with Gasteiger partial charge in [0.25, 0.3) is 0 Å². The number of carboxylic acids is 1. The van der Waals surface area contributed by atoms with Gasteiger partial charge in [-0.1, -0.05) is 0 Å². The van der Waals surface area contributed by atoms with Gasteiger partial charge in [0.05, 0.1) is 0 Å². The van der Waals surface area contributed by atoms with Gasteiger partial charge in [-0.25, -0.2) is 9.59 Å². The van der Waals surface area contributed by atoms with Crippen LogP contribution in [-0.2, 0) is 9.59 Å². The Labute approximate surface area is 117 Å². The first-order valence-electron chi connectivity index (χ1n) is 6.60. The SMILES string of the molecule is CC(=O)NC1CCN(C(=O)N[C@@H](CCO)C(=O)O)CC1. The van der Waals surface area contributed by atoms with E-state index in [9.17, 15) is 14.4 Å². The van der Waals surface area contributed by atoms with Gasteiger partial charge in [-0.2, -0.15) is 0 Å². The number of piperidine rings is 1. The summed E-state index contributed by atoms with van der Waals surface area (Å²) in [5.74, 6) is -1.26. The summed E-state index contributed by atoms with van der Waals surface area (Å²) in [5, 5.41) is 22.8. The molecule has 1 rings (SSSR count). The van der Waals surface area contributed by atoms with E-state index >= 15 is 0 Å². The zero-order valence-corrected chi connectivity index (χ0v) is 11.5. The largest absolute Gasteiger partial charge is 0.480 e. The van der Waals surface area contributed by atoms with E-state index in [4.69, 9.17) is 10.2 Å². The molecule has 0 aromatic heterocycles. The molecule has 0 aliphatic carbocycles. The number of rotatable bonds is 5. The van der Waals surface area contributed by atoms with Crippen molar-refractivity contribution in [2.24, 2.45) is 0 Å². The van der Waals surface area contributed by atoms with E-state index in [0.29, 0.717) is 25.9 Å². The molecule has 3 amide bonds. The number of carbonyl (C=O) groups is 3. The average Bonchev–Trinajstić information content (AvgIpc) is 2.38. The summed E-state index contributed by atoms with van der Waals surface area (Å²) in [6.07, 6.45) is 1.26. The lowest BCUT2D eigenvalue weighted by Crippen LogP contribution is -2.52. The van der Waals surface area contributed by atoms with Gasteiger partial charge in [0.15, 0.2) is 0 Å². The second-order valence-corrected chi connectivity index (χ2v) is 4.81. The molecule has 4 N–H and O–H groups in total. The predicted molar refractivity (Wildman–Crippen MR) is 70.1 cm³/mol. The second-order valence-electron chi connectivity index (χ2n) is 4.81. The molecule has 0 unspecified atom stereocenters. The minimum absolute atomic E-state index is 0.0244. The van der Waals surface area contributed by atoms with Gasteiger partial charge in [0, 0.05) is 39.1 Å². The van der Waals surface area contributed by atoms with Crippen molar-refractivity contribution in [1.82, 2.24) is 15.5 Å². The Kier molecular flexibility index (Phi) is 6.23. The van der Waals surface area contributed by atoms with Gasteiger partial charge in [0.1, 0.15) is 6.04 Å². The number of carboxylic acid groups (broad SMARTS) is 1. The molecule has 20 heavy (non-hydrogen) atoms. The van der Waals surface area contributed by atoms with Crippen molar-refractivity contribution in [3.63, 3.8) is 0 Å². The number of hydrogen-bond acceptors (Lipinski definition) is 4. The van der Waals surface area contributed by atoms with Crippen LogP contribution in [0.15, 0.2) is 0 Å². The molecule has 0 aromatic carbocycles. The van der Waals surface area contributed by atoms with Gasteiger partial charge in [-0.05, 0) is 12.8 Å². The number of amides is 3. The maximum atomic E-state index is 11.9. The molecule has 0 aromatic rings. The minimum atomic E-state index is -1.17. The van der Waals surface area contributed by atoms with E-state index in [1.165, 1.54) is 11.8 Å². The molecule has 8 nitrogen and oxygen atoms in total. The summed E-state index contributed by atoms with van der Waals surface area (Å²) in [6.45, 7) is 2.07. The fourth-order valence-corrected chi connectivity index (χ4v) is 2.14. The molecule has 0 saturated carbocycles. The number of carbonyl (C=O) groups excluding carboxylic acids is 2. The molecule has 1 aliphatic rings. The summed E-state index contributed by atoms with van der Waals surface area (Å²) in [7, 11) is 0. The van der Waals surface area contributed by atoms with Crippen LogP contribution >= 0.6 is 0 Å². The Morgan fingerprint density at radius 2 is 1.90 bits per heavy atom. The summed E-state index contributed by atoms with van der Waals surface area (Å²) in [4.78, 5) is 35.2. The molecule has 0 radical (unpaired) electrons. The fraction of sp³-hybridized carbons (Fsp3) is 0.750. The first-order valence-corrected chi connectivity index (χ1v) is 6.60. The highest BCUT2D eigenvalue weighted by molar-refractivity contribution is 5.82. The Morgan fingerprint density at radius 3 is 2.35 bits per heavy atom. The smallest absolute Gasteiger partial charge is 0.326 e. The maximum Gasteiger partial charge on any atom is 0.326 e. The van der Waals surface area contributed by atoms with Crippen LogP contribution < -0.4 is 10.6 Å². The third-order valence-corrected chi connectivity index (χ3v) is 3.20. The van der Waals surface area contributed by atoms with Crippen LogP contribution in [0.2, 0.25) is 0 Å². The van der Waals surface area contributed by atoms with Crippen LogP contribution in [0.4, 0.5) is 4.79 Å². The van der Waals surface area contributed by atoms with Crippen LogP contribution in [0.25, 0.3) is 0 Å². The van der Waals surface area contributed by atoms with Gasteiger partial charge in [-0.3, -0.25) is 4.79 Å². The van der Waals surface area contributed by atoms with Crippen LogP contribution in [0.5, 0.6) is 0 Å². The van der Waals surface area contributed by atoms with Gasteiger partial charge < -0.3 is 25.7 Å². The maximum absolute atomic E-state index is 11.9. The van der Waals surface area contributed by atoms with Crippen molar-refractivity contribution in [3.05, 3.63) is 0 Å². The van der Waals surface area contributed by atoms with E-state index in [2.05, 4.69) is 10.6 Å². The highest BCUT2D eigenvalue weighted by atomic mass is 16.4. The van der Waals surface area contributed by atoms with Gasteiger partial charge >= 0.3 is 12.0 Å². The third kappa shape index (κ3) is 5.04. The number of likely N-dealkylation sites (tertiary alicyclic amines) is 1. The minimum Gasteiger partial charge on any atom is -0.480 e. The first-order chi connectivity index (χ1) is 9.43. The van der Waals surface area contributed by atoms with E-state index in [1.807, 2.05) is 0 Å². The third-order valence-electron chi connectivity index (χ3n) is 3.20. The zero-order valence-electron chi connectivity index (χ0n) is 11.5. The fourth-order valence-electron chi connectivity index (χ4n) is 2.14. The second kappa shape index (κ2) is 7.68. The number of aliphatic hydroxyl groups excluding tert-OH is 1. The van der Waals surface area contributed by atoms with Gasteiger partial charge in [0.2, 0.25) is 5.91 Å². The molecule has 1 fully saturated rings. The molecule has 8 heteroatoms. The average molecular weight is 287 g/mol. The molecule has 1 heterocycles. The van der Waals surface area contributed by atoms with Crippen molar-refractivity contribution in [2.45, 2.75) is 38.3 Å². The summed E-state index contributed by atoms with van der Waals surface area (Å²) in [6, 6.07) is -1.48. The molecule has 1 saturated heterocycles. The highest BCUT2D eigenvalue weighted by Gasteiger charge is 2.26. The van der Waals surface area contributed by atoms with E-state index in [0.717, 1.165) is 0 Å². The molecule has 1 aliphatic heterocycles. The summed E-state index contributed by atoms with van der Waals surface area (Å²) < 4.78 is 0. The lowest BCUT2D eigenvalue weighted by molar-refractivity contribution is -0.139. The Hall–Kier alpha value is -1.83. The summed E-state index contributed by atoms with van der Waals surface area (Å²) in [5.41, 5.74) is 0. The van der Waals surface area contributed by atoms with Crippen LogP contribution in [0.1, 0.15) is 26.2 Å². The van der Waals surface area contributed by atoms with E-state index in [1.54, 1.807) is 0 Å². The van der Waals surface area contributed by atoms with Crippen molar-refractivity contribution in [3.8, 4) is 0 Å². The Morgan fingerprint density at radius 1 is 1.30 bits per heavy atom. The number of hydrogen-bond donors (Lipinski definition) is 4. The molecule has 0 spiro atoms. The predicted octanol–water partition coefficient (Wildman–Crippen LogP) is -0.868. The molecular weight excluding hydrogens is 266 g/mol. The van der Waals surface area contributed by atoms with Crippen LogP contribution in [0, 0.1) is 0 Å². The summed E-state index contributed by atoms with van der Waals surface area (Å²) >= 11 is 0. The standard InChI is InChI=1S/C12H21N3O5/c1-8(17)13-9-2-5-15(6-3-9)12(20)14-10(4-7-16)11(18)19/h9-10,16H,2-7H2,1H3,(H,13,17)(H,14,20)(H,18,19)/t10-/m0/s1. The lowest BCUT2D eigenvalue weighted by Gasteiger charge is -2.32. The molecule has 0 bridgehead atoms. The van der Waals surface area contributed by atoms with Crippen molar-refractivity contribution >= 4 is 17.9 Å². The quantitative estimate of drug-likeness (QED) is 0.524.